The molecule has 1 heterocycles. The second-order valence-corrected chi connectivity index (χ2v) is 6.93. The number of hydrogen-bond donors (Lipinski definition) is 1. The van der Waals surface area contributed by atoms with E-state index >= 15 is 0 Å². The number of carboxylic acid groups (broad SMARTS) is 1. The van der Waals surface area contributed by atoms with Gasteiger partial charge in [-0.05, 0) is 55.9 Å². The molecule has 0 bridgehead atoms. The van der Waals surface area contributed by atoms with Gasteiger partial charge in [0.15, 0.2) is 0 Å². The maximum absolute atomic E-state index is 11.7. The molecule has 1 aliphatic carbocycles. The van der Waals surface area contributed by atoms with Gasteiger partial charge in [0.2, 0.25) is 0 Å². The SMILES string of the molecule is CCCC1CCC(CCc2cccs2)(C(=O)O)CC1. The van der Waals surface area contributed by atoms with Gasteiger partial charge in [-0.1, -0.05) is 25.8 Å². The van der Waals surface area contributed by atoms with Gasteiger partial charge < -0.3 is 5.11 Å². The molecule has 0 amide bonds. The van der Waals surface area contributed by atoms with Crippen molar-refractivity contribution < 1.29 is 9.90 Å². The molecule has 1 saturated carbocycles. The zero-order valence-corrected chi connectivity index (χ0v) is 12.5. The fourth-order valence-electron chi connectivity index (χ4n) is 3.32. The number of hydrogen-bond acceptors (Lipinski definition) is 2. The van der Waals surface area contributed by atoms with Gasteiger partial charge in [-0.15, -0.1) is 11.3 Å². The average molecular weight is 280 g/mol. The second kappa shape index (κ2) is 6.56. The van der Waals surface area contributed by atoms with Crippen LogP contribution < -0.4 is 0 Å². The number of carbonyl (C=O) groups is 1. The number of aryl methyl sites for hydroxylation is 1. The van der Waals surface area contributed by atoms with Crippen LogP contribution in [0.25, 0.3) is 0 Å². The summed E-state index contributed by atoms with van der Waals surface area (Å²) in [6.07, 6.45) is 8.16. The minimum Gasteiger partial charge on any atom is -0.481 e. The highest BCUT2D eigenvalue weighted by molar-refractivity contribution is 7.09. The summed E-state index contributed by atoms with van der Waals surface area (Å²) in [6.45, 7) is 2.22. The van der Waals surface area contributed by atoms with E-state index in [2.05, 4.69) is 18.4 Å². The lowest BCUT2D eigenvalue weighted by molar-refractivity contribution is -0.152. The van der Waals surface area contributed by atoms with Crippen molar-refractivity contribution in [3.05, 3.63) is 22.4 Å². The Labute approximate surface area is 119 Å². The highest BCUT2D eigenvalue weighted by Gasteiger charge is 2.41. The molecule has 0 spiro atoms. The molecule has 0 radical (unpaired) electrons. The Morgan fingerprint density at radius 3 is 2.74 bits per heavy atom. The molecule has 0 saturated heterocycles. The number of carboxylic acids is 1. The van der Waals surface area contributed by atoms with Crippen LogP contribution in [-0.4, -0.2) is 11.1 Å². The first-order valence-corrected chi connectivity index (χ1v) is 8.30. The number of aliphatic carboxylic acids is 1. The Morgan fingerprint density at radius 1 is 1.47 bits per heavy atom. The molecule has 2 rings (SSSR count). The molecule has 1 fully saturated rings. The van der Waals surface area contributed by atoms with Crippen molar-refractivity contribution in [3.63, 3.8) is 0 Å². The first-order valence-electron chi connectivity index (χ1n) is 7.42. The topological polar surface area (TPSA) is 37.3 Å². The quantitative estimate of drug-likeness (QED) is 0.817. The molecule has 0 aromatic carbocycles. The third-order valence-electron chi connectivity index (χ3n) is 4.64. The lowest BCUT2D eigenvalue weighted by Gasteiger charge is -2.37. The number of rotatable bonds is 6. The van der Waals surface area contributed by atoms with E-state index in [0.29, 0.717) is 0 Å². The summed E-state index contributed by atoms with van der Waals surface area (Å²) >= 11 is 1.74. The van der Waals surface area contributed by atoms with Gasteiger partial charge in [0.25, 0.3) is 0 Å². The van der Waals surface area contributed by atoms with Crippen LogP contribution in [0.2, 0.25) is 0 Å². The van der Waals surface area contributed by atoms with Crippen LogP contribution in [0.4, 0.5) is 0 Å². The molecule has 0 atom stereocenters. The third-order valence-corrected chi connectivity index (χ3v) is 5.58. The Hall–Kier alpha value is -0.830. The summed E-state index contributed by atoms with van der Waals surface area (Å²) in [6, 6.07) is 4.16. The van der Waals surface area contributed by atoms with E-state index in [1.54, 1.807) is 11.3 Å². The van der Waals surface area contributed by atoms with Gasteiger partial charge in [-0.3, -0.25) is 4.79 Å². The van der Waals surface area contributed by atoms with Crippen molar-refractivity contribution in [1.29, 1.82) is 0 Å². The van der Waals surface area contributed by atoms with E-state index in [4.69, 9.17) is 0 Å². The molecule has 3 heteroatoms. The maximum Gasteiger partial charge on any atom is 0.309 e. The van der Waals surface area contributed by atoms with E-state index in [1.807, 2.05) is 6.07 Å². The average Bonchev–Trinajstić information content (AvgIpc) is 2.91. The Balaban J connectivity index is 1.94. The zero-order valence-electron chi connectivity index (χ0n) is 11.7. The Morgan fingerprint density at radius 2 is 2.21 bits per heavy atom. The highest BCUT2D eigenvalue weighted by atomic mass is 32.1. The molecule has 19 heavy (non-hydrogen) atoms. The molecule has 1 aliphatic rings. The van der Waals surface area contributed by atoms with Crippen molar-refractivity contribution in [2.45, 2.75) is 58.3 Å². The zero-order chi connectivity index (χ0) is 13.7. The first-order chi connectivity index (χ1) is 9.16. The van der Waals surface area contributed by atoms with Crippen LogP contribution in [0, 0.1) is 11.3 Å². The summed E-state index contributed by atoms with van der Waals surface area (Å²) in [5.41, 5.74) is -0.450. The van der Waals surface area contributed by atoms with Gasteiger partial charge >= 0.3 is 5.97 Å². The lowest BCUT2D eigenvalue weighted by atomic mass is 9.67. The van der Waals surface area contributed by atoms with Gasteiger partial charge in [0, 0.05) is 4.88 Å². The van der Waals surface area contributed by atoms with Crippen LogP contribution in [0.1, 0.15) is 56.7 Å². The van der Waals surface area contributed by atoms with Crippen LogP contribution in [-0.2, 0) is 11.2 Å². The molecule has 106 valence electrons. The van der Waals surface area contributed by atoms with E-state index < -0.39 is 11.4 Å². The smallest absolute Gasteiger partial charge is 0.309 e. The molecule has 1 N–H and O–H groups in total. The monoisotopic (exact) mass is 280 g/mol. The largest absolute Gasteiger partial charge is 0.481 e. The lowest BCUT2D eigenvalue weighted by Crippen LogP contribution is -2.36. The molecule has 1 aromatic rings. The van der Waals surface area contributed by atoms with Crippen molar-refractivity contribution in [1.82, 2.24) is 0 Å². The highest BCUT2D eigenvalue weighted by Crippen LogP contribution is 2.44. The van der Waals surface area contributed by atoms with Crippen molar-refractivity contribution in [3.8, 4) is 0 Å². The summed E-state index contributed by atoms with van der Waals surface area (Å²) in [4.78, 5) is 13.0. The van der Waals surface area contributed by atoms with Gasteiger partial charge in [0.1, 0.15) is 0 Å². The minimum atomic E-state index is -0.570. The van der Waals surface area contributed by atoms with E-state index in [1.165, 1.54) is 17.7 Å². The summed E-state index contributed by atoms with van der Waals surface area (Å²) < 4.78 is 0. The van der Waals surface area contributed by atoms with E-state index in [9.17, 15) is 9.90 Å². The van der Waals surface area contributed by atoms with E-state index in [-0.39, 0.29) is 0 Å². The predicted octanol–water partition coefficient (Wildman–Crippen LogP) is 4.74. The second-order valence-electron chi connectivity index (χ2n) is 5.90. The van der Waals surface area contributed by atoms with Crippen LogP contribution in [0.15, 0.2) is 17.5 Å². The molecular weight excluding hydrogens is 256 g/mol. The maximum atomic E-state index is 11.7. The molecule has 1 aromatic heterocycles. The Kier molecular flexibility index (Phi) is 5.03. The summed E-state index contributed by atoms with van der Waals surface area (Å²) in [7, 11) is 0. The Bertz CT molecular complexity index is 389. The third kappa shape index (κ3) is 3.59. The van der Waals surface area contributed by atoms with Crippen molar-refractivity contribution >= 4 is 17.3 Å². The van der Waals surface area contributed by atoms with Gasteiger partial charge in [-0.25, -0.2) is 0 Å². The van der Waals surface area contributed by atoms with Crippen LogP contribution in [0.5, 0.6) is 0 Å². The predicted molar refractivity (Wildman–Crippen MR) is 79.6 cm³/mol. The van der Waals surface area contributed by atoms with E-state index in [0.717, 1.165) is 44.4 Å². The van der Waals surface area contributed by atoms with Crippen molar-refractivity contribution in [2.75, 3.05) is 0 Å². The fourth-order valence-corrected chi connectivity index (χ4v) is 4.02. The summed E-state index contributed by atoms with van der Waals surface area (Å²) in [5.74, 6) is 0.193. The number of thiophene rings is 1. The first kappa shape index (κ1) is 14.6. The minimum absolute atomic E-state index is 0.450. The van der Waals surface area contributed by atoms with Crippen LogP contribution >= 0.6 is 11.3 Å². The normalized spacial score (nSPS) is 27.3. The molecular formula is C16H24O2S. The van der Waals surface area contributed by atoms with Gasteiger partial charge in [0.05, 0.1) is 5.41 Å². The standard InChI is InChI=1S/C16H24O2S/c1-2-4-13-6-9-16(10-7-13,15(17)18)11-8-14-5-3-12-19-14/h3,5,12-13H,2,4,6-11H2,1H3,(H,17,18). The fraction of sp³-hybridized carbons (Fsp3) is 0.688. The van der Waals surface area contributed by atoms with Crippen LogP contribution in [0.3, 0.4) is 0 Å². The van der Waals surface area contributed by atoms with Gasteiger partial charge in [-0.2, -0.15) is 0 Å². The molecule has 0 unspecified atom stereocenters. The van der Waals surface area contributed by atoms with Crippen molar-refractivity contribution in [2.24, 2.45) is 11.3 Å². The molecule has 0 aliphatic heterocycles. The molecule has 2 nitrogen and oxygen atoms in total. The summed E-state index contributed by atoms with van der Waals surface area (Å²) in [5, 5.41) is 11.7.